The van der Waals surface area contributed by atoms with Crippen LogP contribution < -0.4 is 9.62 Å². The Balaban J connectivity index is 1.71. The highest BCUT2D eigenvalue weighted by molar-refractivity contribution is 7.90. The number of pyridine rings is 1. The van der Waals surface area contributed by atoms with Gasteiger partial charge in [0.25, 0.3) is 10.0 Å². The van der Waals surface area contributed by atoms with Crippen molar-refractivity contribution in [3.05, 3.63) is 52.7 Å². The van der Waals surface area contributed by atoms with Crippen molar-refractivity contribution in [1.29, 1.82) is 5.26 Å². The molecule has 0 bridgehead atoms. The molecule has 0 saturated carbocycles. The second-order valence-electron chi connectivity index (χ2n) is 7.21. The quantitative estimate of drug-likeness (QED) is 0.669. The van der Waals surface area contributed by atoms with Crippen LogP contribution in [0, 0.1) is 31.1 Å². The van der Waals surface area contributed by atoms with Crippen LogP contribution in [0.25, 0.3) is 0 Å². The number of benzene rings is 1. The molecule has 3 rings (SSSR count). The van der Waals surface area contributed by atoms with E-state index < -0.39 is 27.8 Å². The van der Waals surface area contributed by atoms with E-state index in [9.17, 15) is 23.3 Å². The maximum atomic E-state index is 12.4. The summed E-state index contributed by atoms with van der Waals surface area (Å²) < 4.78 is 32.0. The molecule has 1 amide bonds. The van der Waals surface area contributed by atoms with Crippen LogP contribution in [-0.4, -0.2) is 45.0 Å². The zero-order valence-electron chi connectivity index (χ0n) is 17.4. The topological polar surface area (TPSA) is 129 Å². The molecule has 2 heterocycles. The normalized spacial score (nSPS) is 13.8. The molecule has 0 aliphatic carbocycles. The number of nitrogens with zero attached hydrogens (tertiary/aromatic N) is 3. The Bertz CT molecular complexity index is 1180. The maximum absolute atomic E-state index is 12.4. The van der Waals surface area contributed by atoms with E-state index in [0.29, 0.717) is 11.5 Å². The molecule has 2 aromatic rings. The average molecular weight is 442 g/mol. The largest absolute Gasteiger partial charge is 0.462 e. The van der Waals surface area contributed by atoms with Gasteiger partial charge < -0.3 is 9.64 Å². The standard InChI is InChI=1S/C21H22N4O5S/c1-4-30-21(27)18-9-15(10-22)19(23-14(18)3)25-11-16(12-25)20(26)24-31(28,29)17-7-5-6-13(2)8-17/h5-9,16H,4,11-12H2,1-3H3,(H,24,26). The molecule has 0 spiro atoms. The first-order valence-electron chi connectivity index (χ1n) is 9.63. The molecule has 1 aromatic heterocycles. The predicted octanol–water partition coefficient (Wildman–Crippen LogP) is 1.69. The molecule has 0 radical (unpaired) electrons. The van der Waals surface area contributed by atoms with Crippen molar-refractivity contribution in [3.8, 4) is 6.07 Å². The number of nitrogens with one attached hydrogen (secondary N) is 1. The van der Waals surface area contributed by atoms with Gasteiger partial charge in [-0.25, -0.2) is 22.9 Å². The van der Waals surface area contributed by atoms with Crippen molar-refractivity contribution in [2.75, 3.05) is 24.6 Å². The molecule has 1 fully saturated rings. The van der Waals surface area contributed by atoms with Crippen molar-refractivity contribution in [2.24, 2.45) is 5.92 Å². The molecule has 0 unspecified atom stereocenters. The minimum Gasteiger partial charge on any atom is -0.462 e. The van der Waals surface area contributed by atoms with Gasteiger partial charge in [-0.1, -0.05) is 12.1 Å². The highest BCUT2D eigenvalue weighted by Gasteiger charge is 2.37. The molecule has 162 valence electrons. The first-order valence-corrected chi connectivity index (χ1v) is 11.1. The van der Waals surface area contributed by atoms with E-state index in [4.69, 9.17) is 4.74 Å². The maximum Gasteiger partial charge on any atom is 0.340 e. The molecular formula is C21H22N4O5S. The average Bonchev–Trinajstić information content (AvgIpc) is 2.66. The van der Waals surface area contributed by atoms with Crippen LogP contribution >= 0.6 is 0 Å². The summed E-state index contributed by atoms with van der Waals surface area (Å²) in [5.41, 5.74) is 1.56. The van der Waals surface area contributed by atoms with Gasteiger partial charge in [0.05, 0.1) is 34.2 Å². The lowest BCUT2D eigenvalue weighted by Crippen LogP contribution is -2.55. The highest BCUT2D eigenvalue weighted by atomic mass is 32.2. The van der Waals surface area contributed by atoms with Crippen LogP contribution in [-0.2, 0) is 19.6 Å². The molecule has 9 nitrogen and oxygen atoms in total. The van der Waals surface area contributed by atoms with Gasteiger partial charge in [-0.05, 0) is 44.5 Å². The predicted molar refractivity (Wildman–Crippen MR) is 112 cm³/mol. The van der Waals surface area contributed by atoms with Gasteiger partial charge in [-0.15, -0.1) is 0 Å². The lowest BCUT2D eigenvalue weighted by molar-refractivity contribution is -0.123. The van der Waals surface area contributed by atoms with Gasteiger partial charge in [-0.2, -0.15) is 5.26 Å². The molecule has 1 N–H and O–H groups in total. The number of hydrogen-bond acceptors (Lipinski definition) is 8. The monoisotopic (exact) mass is 442 g/mol. The summed E-state index contributed by atoms with van der Waals surface area (Å²) in [5.74, 6) is -1.40. The van der Waals surface area contributed by atoms with Crippen molar-refractivity contribution in [1.82, 2.24) is 9.71 Å². The van der Waals surface area contributed by atoms with Gasteiger partial charge in [0.1, 0.15) is 11.9 Å². The number of aromatic nitrogens is 1. The van der Waals surface area contributed by atoms with Gasteiger partial charge in [0.2, 0.25) is 5.91 Å². The molecule has 1 aliphatic heterocycles. The zero-order valence-corrected chi connectivity index (χ0v) is 18.2. The summed E-state index contributed by atoms with van der Waals surface area (Å²) in [4.78, 5) is 30.5. The van der Waals surface area contributed by atoms with Gasteiger partial charge >= 0.3 is 5.97 Å². The van der Waals surface area contributed by atoms with Crippen molar-refractivity contribution < 1.29 is 22.7 Å². The van der Waals surface area contributed by atoms with Crippen LogP contribution in [0.4, 0.5) is 5.82 Å². The van der Waals surface area contributed by atoms with Crippen LogP contribution in [0.5, 0.6) is 0 Å². The first-order chi connectivity index (χ1) is 14.7. The Labute approximate surface area is 180 Å². The fourth-order valence-corrected chi connectivity index (χ4v) is 4.35. The number of amides is 1. The van der Waals surface area contributed by atoms with Crippen molar-refractivity contribution >= 4 is 27.7 Å². The number of rotatable bonds is 6. The minimum absolute atomic E-state index is 0.0237. The highest BCUT2D eigenvalue weighted by Crippen LogP contribution is 2.28. The number of esters is 1. The van der Waals surface area contributed by atoms with Crippen molar-refractivity contribution in [2.45, 2.75) is 25.7 Å². The van der Waals surface area contributed by atoms with E-state index >= 15 is 0 Å². The van der Waals surface area contributed by atoms with Crippen molar-refractivity contribution in [3.63, 3.8) is 0 Å². The third kappa shape index (κ3) is 4.67. The van der Waals surface area contributed by atoms with E-state index in [0.717, 1.165) is 5.56 Å². The SMILES string of the molecule is CCOC(=O)c1cc(C#N)c(N2CC(C(=O)NS(=O)(=O)c3cccc(C)c3)C2)nc1C. The Kier molecular flexibility index (Phi) is 6.27. The van der Waals surface area contributed by atoms with Crippen LogP contribution in [0.2, 0.25) is 0 Å². The molecular weight excluding hydrogens is 420 g/mol. The van der Waals surface area contributed by atoms with E-state index in [-0.39, 0.29) is 35.7 Å². The Hall–Kier alpha value is -3.45. The summed E-state index contributed by atoms with van der Waals surface area (Å²) in [7, 11) is -3.96. The smallest absolute Gasteiger partial charge is 0.340 e. The Morgan fingerprint density at radius 2 is 2.00 bits per heavy atom. The van der Waals surface area contributed by atoms with Gasteiger partial charge in [0, 0.05) is 13.1 Å². The van der Waals surface area contributed by atoms with Gasteiger partial charge in [-0.3, -0.25) is 4.79 Å². The molecule has 1 aromatic carbocycles. The number of carbonyl (C=O) groups is 2. The van der Waals surface area contributed by atoms with Crippen LogP contribution in [0.3, 0.4) is 0 Å². The molecule has 1 saturated heterocycles. The third-order valence-electron chi connectivity index (χ3n) is 4.90. The number of anilines is 1. The number of carbonyl (C=O) groups excluding carboxylic acids is 2. The minimum atomic E-state index is -3.96. The van der Waals surface area contributed by atoms with Crippen LogP contribution in [0.1, 0.15) is 34.1 Å². The fraction of sp³-hybridized carbons (Fsp3) is 0.333. The lowest BCUT2D eigenvalue weighted by Gasteiger charge is -2.39. The van der Waals surface area contributed by atoms with E-state index in [1.165, 1.54) is 18.2 Å². The number of sulfonamides is 1. The number of nitriles is 1. The van der Waals surface area contributed by atoms with E-state index in [1.54, 1.807) is 37.8 Å². The zero-order chi connectivity index (χ0) is 22.8. The summed E-state index contributed by atoms with van der Waals surface area (Å²) in [6.45, 7) is 5.69. The first kappa shape index (κ1) is 22.2. The summed E-state index contributed by atoms with van der Waals surface area (Å²) in [6, 6.07) is 9.71. The second kappa shape index (κ2) is 8.73. The number of hydrogen-bond donors (Lipinski definition) is 1. The molecule has 10 heteroatoms. The molecule has 0 atom stereocenters. The summed E-state index contributed by atoms with van der Waals surface area (Å²) >= 11 is 0. The fourth-order valence-electron chi connectivity index (χ4n) is 3.21. The van der Waals surface area contributed by atoms with Gasteiger partial charge in [0.15, 0.2) is 0 Å². The second-order valence-corrected chi connectivity index (χ2v) is 8.90. The Morgan fingerprint density at radius 3 is 2.61 bits per heavy atom. The number of ether oxygens (including phenoxy) is 1. The van der Waals surface area contributed by atoms with E-state index in [1.807, 2.05) is 6.07 Å². The molecule has 31 heavy (non-hydrogen) atoms. The lowest BCUT2D eigenvalue weighted by atomic mass is 9.98. The third-order valence-corrected chi connectivity index (χ3v) is 6.24. The number of aryl methyl sites for hydroxylation is 2. The van der Waals surface area contributed by atoms with Crippen LogP contribution in [0.15, 0.2) is 35.2 Å². The van der Waals surface area contributed by atoms with E-state index in [2.05, 4.69) is 9.71 Å². The molecule has 1 aliphatic rings. The summed E-state index contributed by atoms with van der Waals surface area (Å²) in [5, 5.41) is 9.46. The Morgan fingerprint density at radius 1 is 1.29 bits per heavy atom. The summed E-state index contributed by atoms with van der Waals surface area (Å²) in [6.07, 6.45) is 0.